The molecule has 1 heterocycles. The summed E-state index contributed by atoms with van der Waals surface area (Å²) in [6.45, 7) is 0.633. The van der Waals surface area contributed by atoms with Crippen molar-refractivity contribution in [1.82, 2.24) is 10.3 Å². The lowest BCUT2D eigenvalue weighted by molar-refractivity contribution is 0.0952. The molecule has 0 saturated heterocycles. The fraction of sp³-hybridized carbons (Fsp3) is 0.500. The van der Waals surface area contributed by atoms with Crippen LogP contribution in [0.5, 0.6) is 0 Å². The van der Waals surface area contributed by atoms with Crippen LogP contribution in [-0.4, -0.2) is 23.3 Å². The van der Waals surface area contributed by atoms with Gasteiger partial charge in [-0.1, -0.05) is 12.8 Å². The number of unbranched alkanes of at least 4 members (excludes halogenated alkanes) is 3. The van der Waals surface area contributed by atoms with Gasteiger partial charge in [0.15, 0.2) is 0 Å². The molecule has 0 aromatic carbocycles. The molecule has 5 heteroatoms. The Hall–Kier alpha value is -1.29. The van der Waals surface area contributed by atoms with Crippen molar-refractivity contribution in [2.75, 3.05) is 12.4 Å². The predicted molar refractivity (Wildman–Crippen MR) is 68.6 cm³/mol. The highest BCUT2D eigenvalue weighted by molar-refractivity contribution is 6.17. The molecule has 0 aliphatic carbocycles. The molecule has 0 aliphatic rings. The molecule has 0 spiro atoms. The second kappa shape index (κ2) is 7.90. The Morgan fingerprint density at radius 3 is 2.76 bits per heavy atom. The fourth-order valence-corrected chi connectivity index (χ4v) is 1.65. The van der Waals surface area contributed by atoms with Crippen LogP contribution in [0.1, 0.15) is 36.0 Å². The molecular formula is C12H17ClN2O2. The molecule has 1 aromatic rings. The SMILES string of the molecule is O=C(NCCCCCCCl)c1cc[nH]c(=O)c1. The largest absolute Gasteiger partial charge is 0.352 e. The minimum absolute atomic E-state index is 0.201. The Kier molecular flexibility index (Phi) is 6.40. The first kappa shape index (κ1) is 13.8. The Labute approximate surface area is 105 Å². The number of pyridine rings is 1. The number of carbonyl (C=O) groups is 1. The molecule has 0 saturated carbocycles. The third-order valence-electron chi connectivity index (χ3n) is 2.38. The number of aromatic amines is 1. The molecule has 17 heavy (non-hydrogen) atoms. The number of hydrogen-bond donors (Lipinski definition) is 2. The highest BCUT2D eigenvalue weighted by Gasteiger charge is 2.04. The molecule has 1 rings (SSSR count). The zero-order chi connectivity index (χ0) is 12.5. The van der Waals surface area contributed by atoms with E-state index in [4.69, 9.17) is 11.6 Å². The van der Waals surface area contributed by atoms with Crippen LogP contribution in [-0.2, 0) is 0 Å². The summed E-state index contributed by atoms with van der Waals surface area (Å²) in [7, 11) is 0. The monoisotopic (exact) mass is 256 g/mol. The van der Waals surface area contributed by atoms with Crippen molar-refractivity contribution in [2.24, 2.45) is 0 Å². The summed E-state index contributed by atoms with van der Waals surface area (Å²) in [6, 6.07) is 2.88. The summed E-state index contributed by atoms with van der Waals surface area (Å²) >= 11 is 5.56. The van der Waals surface area contributed by atoms with Crippen LogP contribution in [0.25, 0.3) is 0 Å². The second-order valence-electron chi connectivity index (χ2n) is 3.80. The van der Waals surface area contributed by atoms with E-state index < -0.39 is 0 Å². The highest BCUT2D eigenvalue weighted by Crippen LogP contribution is 2.00. The van der Waals surface area contributed by atoms with Crippen LogP contribution in [0.2, 0.25) is 0 Å². The Bertz CT molecular complexity index is 403. The third kappa shape index (κ3) is 5.54. The van der Waals surface area contributed by atoms with E-state index in [1.54, 1.807) is 6.07 Å². The van der Waals surface area contributed by atoms with Gasteiger partial charge < -0.3 is 10.3 Å². The van der Waals surface area contributed by atoms with E-state index in [-0.39, 0.29) is 11.5 Å². The second-order valence-corrected chi connectivity index (χ2v) is 4.18. The number of carbonyl (C=O) groups excluding carboxylic acids is 1. The number of aromatic nitrogens is 1. The number of alkyl halides is 1. The van der Waals surface area contributed by atoms with E-state index in [9.17, 15) is 9.59 Å². The molecule has 4 nitrogen and oxygen atoms in total. The molecule has 2 N–H and O–H groups in total. The summed E-state index contributed by atoms with van der Waals surface area (Å²) in [6.07, 6.45) is 5.57. The van der Waals surface area contributed by atoms with E-state index in [1.807, 2.05) is 0 Å². The zero-order valence-electron chi connectivity index (χ0n) is 9.67. The molecule has 0 bridgehead atoms. The van der Waals surface area contributed by atoms with Gasteiger partial charge in [0, 0.05) is 30.3 Å². The first-order valence-corrected chi connectivity index (χ1v) is 6.30. The maximum atomic E-state index is 11.6. The highest BCUT2D eigenvalue weighted by atomic mass is 35.5. The molecular weight excluding hydrogens is 240 g/mol. The summed E-state index contributed by atoms with van der Waals surface area (Å²) < 4.78 is 0. The van der Waals surface area contributed by atoms with Crippen molar-refractivity contribution in [3.8, 4) is 0 Å². The van der Waals surface area contributed by atoms with Crippen molar-refractivity contribution in [3.05, 3.63) is 34.2 Å². The maximum absolute atomic E-state index is 11.6. The number of amides is 1. The zero-order valence-corrected chi connectivity index (χ0v) is 10.4. The molecule has 1 amide bonds. The van der Waals surface area contributed by atoms with Gasteiger partial charge in [-0.15, -0.1) is 11.6 Å². The standard InChI is InChI=1S/C12H17ClN2O2/c13-6-3-1-2-4-7-15-12(17)10-5-8-14-11(16)9-10/h5,8-9H,1-4,6-7H2,(H,14,16)(H,15,17). The first-order valence-electron chi connectivity index (χ1n) is 5.77. The number of halogens is 1. The van der Waals surface area contributed by atoms with Crippen molar-refractivity contribution in [1.29, 1.82) is 0 Å². The molecule has 94 valence electrons. The summed E-state index contributed by atoms with van der Waals surface area (Å²) in [5.41, 5.74) is 0.134. The Morgan fingerprint density at radius 1 is 1.29 bits per heavy atom. The molecule has 0 unspecified atom stereocenters. The van der Waals surface area contributed by atoms with Crippen LogP contribution < -0.4 is 10.9 Å². The Morgan fingerprint density at radius 2 is 2.06 bits per heavy atom. The molecule has 0 radical (unpaired) electrons. The summed E-state index contributed by atoms with van der Waals surface area (Å²) in [5.74, 6) is 0.493. The topological polar surface area (TPSA) is 62.0 Å². The maximum Gasteiger partial charge on any atom is 0.251 e. The molecule has 0 aliphatic heterocycles. The van der Waals surface area contributed by atoms with Gasteiger partial charge >= 0.3 is 0 Å². The smallest absolute Gasteiger partial charge is 0.251 e. The minimum atomic E-state index is -0.264. The lowest BCUT2D eigenvalue weighted by Crippen LogP contribution is -2.25. The average Bonchev–Trinajstić information content (AvgIpc) is 2.33. The average molecular weight is 257 g/mol. The van der Waals surface area contributed by atoms with Gasteiger partial charge in [0.1, 0.15) is 0 Å². The minimum Gasteiger partial charge on any atom is -0.352 e. The van der Waals surface area contributed by atoms with Gasteiger partial charge in [0.2, 0.25) is 5.56 Å². The normalized spacial score (nSPS) is 10.2. The van der Waals surface area contributed by atoms with Crippen LogP contribution in [0, 0.1) is 0 Å². The summed E-state index contributed by atoms with van der Waals surface area (Å²) in [5, 5.41) is 2.78. The number of hydrogen-bond acceptors (Lipinski definition) is 2. The van der Waals surface area contributed by atoms with Crippen LogP contribution in [0.3, 0.4) is 0 Å². The lowest BCUT2D eigenvalue weighted by atomic mass is 10.2. The van der Waals surface area contributed by atoms with E-state index in [2.05, 4.69) is 10.3 Å². The van der Waals surface area contributed by atoms with Crippen LogP contribution in [0.4, 0.5) is 0 Å². The number of rotatable bonds is 7. The van der Waals surface area contributed by atoms with E-state index in [0.717, 1.165) is 25.7 Å². The molecule has 0 fully saturated rings. The van der Waals surface area contributed by atoms with Crippen LogP contribution >= 0.6 is 11.6 Å². The van der Waals surface area contributed by atoms with Crippen molar-refractivity contribution in [2.45, 2.75) is 25.7 Å². The van der Waals surface area contributed by atoms with Gasteiger partial charge in [-0.05, 0) is 18.9 Å². The van der Waals surface area contributed by atoms with Crippen molar-refractivity contribution < 1.29 is 4.79 Å². The van der Waals surface area contributed by atoms with Crippen molar-refractivity contribution >= 4 is 17.5 Å². The lowest BCUT2D eigenvalue weighted by Gasteiger charge is -2.04. The van der Waals surface area contributed by atoms with Gasteiger partial charge in [0.25, 0.3) is 5.91 Å². The van der Waals surface area contributed by atoms with Gasteiger partial charge in [-0.25, -0.2) is 0 Å². The van der Waals surface area contributed by atoms with E-state index in [0.29, 0.717) is 18.0 Å². The van der Waals surface area contributed by atoms with Crippen LogP contribution in [0.15, 0.2) is 23.1 Å². The molecule has 1 aromatic heterocycles. The third-order valence-corrected chi connectivity index (χ3v) is 2.65. The van der Waals surface area contributed by atoms with E-state index in [1.165, 1.54) is 12.3 Å². The van der Waals surface area contributed by atoms with Gasteiger partial charge in [-0.3, -0.25) is 9.59 Å². The van der Waals surface area contributed by atoms with Gasteiger partial charge in [0.05, 0.1) is 0 Å². The molecule has 0 atom stereocenters. The predicted octanol–water partition coefficient (Wildman–Crippen LogP) is 1.90. The quantitative estimate of drug-likeness (QED) is 0.578. The Balaban J connectivity index is 2.24. The van der Waals surface area contributed by atoms with Gasteiger partial charge in [-0.2, -0.15) is 0 Å². The number of H-pyrrole nitrogens is 1. The fourth-order valence-electron chi connectivity index (χ4n) is 1.46. The number of nitrogens with one attached hydrogen (secondary N) is 2. The summed E-state index contributed by atoms with van der Waals surface area (Å²) in [4.78, 5) is 25.1. The van der Waals surface area contributed by atoms with E-state index >= 15 is 0 Å². The van der Waals surface area contributed by atoms with Crippen molar-refractivity contribution in [3.63, 3.8) is 0 Å². The first-order chi connectivity index (χ1) is 8.24.